The molecule has 2 atom stereocenters. The van der Waals surface area contributed by atoms with Crippen molar-refractivity contribution >= 4 is 17.5 Å². The molecule has 0 spiro atoms. The van der Waals surface area contributed by atoms with Gasteiger partial charge in [0.25, 0.3) is 0 Å². The highest BCUT2D eigenvalue weighted by Gasteiger charge is 2.41. The molecule has 6 nitrogen and oxygen atoms in total. The molecule has 0 saturated carbocycles. The van der Waals surface area contributed by atoms with Crippen molar-refractivity contribution in [2.24, 2.45) is 11.8 Å². The zero-order valence-corrected chi connectivity index (χ0v) is 16.7. The van der Waals surface area contributed by atoms with Gasteiger partial charge in [-0.25, -0.2) is 9.97 Å². The first kappa shape index (κ1) is 18.7. The van der Waals surface area contributed by atoms with E-state index in [1.807, 2.05) is 6.07 Å². The largest absolute Gasteiger partial charge is 0.364 e. The molecule has 2 aromatic rings. The number of para-hydroxylation sites is 1. The molecule has 1 N–H and O–H groups in total. The summed E-state index contributed by atoms with van der Waals surface area (Å²) < 4.78 is 0. The van der Waals surface area contributed by atoms with Crippen molar-refractivity contribution in [3.05, 3.63) is 48.3 Å². The van der Waals surface area contributed by atoms with E-state index in [0.29, 0.717) is 5.92 Å². The van der Waals surface area contributed by atoms with Crippen LogP contribution in [-0.2, 0) is 11.2 Å². The maximum atomic E-state index is 13.1. The van der Waals surface area contributed by atoms with Gasteiger partial charge in [0.15, 0.2) is 0 Å². The zero-order valence-electron chi connectivity index (χ0n) is 16.7. The number of anilines is 2. The molecule has 1 fully saturated rings. The molecule has 28 heavy (non-hydrogen) atoms. The number of hydrogen-bond acceptors (Lipinski definition) is 5. The molecular formula is C22H29N5O. The lowest BCUT2D eigenvalue weighted by atomic mass is 9.83. The highest BCUT2D eigenvalue weighted by Crippen LogP contribution is 2.36. The Morgan fingerprint density at radius 2 is 1.96 bits per heavy atom. The number of benzene rings is 1. The topological polar surface area (TPSA) is 61.4 Å². The van der Waals surface area contributed by atoms with Crippen LogP contribution < -0.4 is 15.1 Å². The van der Waals surface area contributed by atoms with Crippen LogP contribution in [0.3, 0.4) is 0 Å². The second-order valence-corrected chi connectivity index (χ2v) is 8.17. The SMILES string of the molecule is CC(C)CCNC(=O)C1Cc2ccccc2N2CCN(c3ncccn3)CC12. The minimum absolute atomic E-state index is 0.0615. The van der Waals surface area contributed by atoms with E-state index in [9.17, 15) is 4.79 Å². The molecule has 0 radical (unpaired) electrons. The van der Waals surface area contributed by atoms with Gasteiger partial charge in [-0.05, 0) is 36.5 Å². The van der Waals surface area contributed by atoms with Gasteiger partial charge in [-0.2, -0.15) is 0 Å². The first-order chi connectivity index (χ1) is 13.6. The minimum Gasteiger partial charge on any atom is -0.364 e. The number of amides is 1. The summed E-state index contributed by atoms with van der Waals surface area (Å²) in [6, 6.07) is 10.5. The molecule has 6 heteroatoms. The Morgan fingerprint density at radius 3 is 2.75 bits per heavy atom. The lowest BCUT2D eigenvalue weighted by Crippen LogP contribution is -2.61. The fourth-order valence-electron chi connectivity index (χ4n) is 4.31. The lowest BCUT2D eigenvalue weighted by molar-refractivity contribution is -0.125. The van der Waals surface area contributed by atoms with Gasteiger partial charge >= 0.3 is 0 Å². The smallest absolute Gasteiger partial charge is 0.225 e. The van der Waals surface area contributed by atoms with E-state index >= 15 is 0 Å². The predicted molar refractivity (Wildman–Crippen MR) is 111 cm³/mol. The van der Waals surface area contributed by atoms with Gasteiger partial charge in [0.2, 0.25) is 11.9 Å². The second kappa shape index (κ2) is 8.17. The molecule has 2 aliphatic heterocycles. The molecule has 1 saturated heterocycles. The summed E-state index contributed by atoms with van der Waals surface area (Å²) in [7, 11) is 0. The lowest BCUT2D eigenvalue weighted by Gasteiger charge is -2.49. The summed E-state index contributed by atoms with van der Waals surface area (Å²) in [5, 5.41) is 3.19. The summed E-state index contributed by atoms with van der Waals surface area (Å²) in [6.07, 6.45) is 5.35. The van der Waals surface area contributed by atoms with E-state index in [1.165, 1.54) is 11.3 Å². The third-order valence-electron chi connectivity index (χ3n) is 5.82. The molecular weight excluding hydrogens is 350 g/mol. The quantitative estimate of drug-likeness (QED) is 0.865. The standard InChI is InChI=1S/C22H29N5O/c1-16(2)8-11-23-21(28)18-14-17-6-3-4-7-19(17)27-13-12-26(15-20(18)27)22-24-9-5-10-25-22/h3-7,9-10,16,18,20H,8,11-15H2,1-2H3,(H,23,28). The van der Waals surface area contributed by atoms with E-state index in [-0.39, 0.29) is 17.9 Å². The molecule has 2 aliphatic rings. The minimum atomic E-state index is -0.0615. The third kappa shape index (κ3) is 3.81. The number of piperazine rings is 1. The Hall–Kier alpha value is -2.63. The van der Waals surface area contributed by atoms with Crippen molar-refractivity contribution < 1.29 is 4.79 Å². The van der Waals surface area contributed by atoms with Crippen LogP contribution in [0.25, 0.3) is 0 Å². The number of fused-ring (bicyclic) bond motifs is 3. The van der Waals surface area contributed by atoms with E-state index in [4.69, 9.17) is 0 Å². The number of hydrogen-bond donors (Lipinski definition) is 1. The Kier molecular flexibility index (Phi) is 5.46. The Morgan fingerprint density at radius 1 is 1.18 bits per heavy atom. The average molecular weight is 380 g/mol. The number of carbonyl (C=O) groups excluding carboxylic acids is 1. The highest BCUT2D eigenvalue weighted by molar-refractivity contribution is 5.82. The summed E-state index contributed by atoms with van der Waals surface area (Å²) in [6.45, 7) is 7.60. The number of aromatic nitrogens is 2. The van der Waals surface area contributed by atoms with Crippen LogP contribution in [0.15, 0.2) is 42.7 Å². The van der Waals surface area contributed by atoms with Gasteiger partial charge in [0.05, 0.1) is 12.0 Å². The van der Waals surface area contributed by atoms with Crippen LogP contribution in [0, 0.1) is 11.8 Å². The molecule has 0 bridgehead atoms. The molecule has 1 aromatic heterocycles. The Bertz CT molecular complexity index is 810. The number of nitrogens with zero attached hydrogens (tertiary/aromatic N) is 4. The molecule has 1 aromatic carbocycles. The van der Waals surface area contributed by atoms with Crippen molar-refractivity contribution in [1.82, 2.24) is 15.3 Å². The van der Waals surface area contributed by atoms with Crippen molar-refractivity contribution in [1.29, 1.82) is 0 Å². The van der Waals surface area contributed by atoms with Crippen LogP contribution in [0.5, 0.6) is 0 Å². The van der Waals surface area contributed by atoms with E-state index < -0.39 is 0 Å². The second-order valence-electron chi connectivity index (χ2n) is 8.17. The van der Waals surface area contributed by atoms with E-state index in [0.717, 1.165) is 45.0 Å². The van der Waals surface area contributed by atoms with Crippen LogP contribution in [0.1, 0.15) is 25.8 Å². The normalized spacial score (nSPS) is 21.2. The maximum absolute atomic E-state index is 13.1. The monoisotopic (exact) mass is 379 g/mol. The number of carbonyl (C=O) groups is 1. The summed E-state index contributed by atoms with van der Waals surface area (Å²) in [5.41, 5.74) is 2.54. The van der Waals surface area contributed by atoms with Crippen molar-refractivity contribution in [3.8, 4) is 0 Å². The van der Waals surface area contributed by atoms with Crippen LogP contribution in [-0.4, -0.2) is 48.1 Å². The first-order valence-electron chi connectivity index (χ1n) is 10.3. The van der Waals surface area contributed by atoms with Gasteiger partial charge in [0.1, 0.15) is 0 Å². The summed E-state index contributed by atoms with van der Waals surface area (Å²) >= 11 is 0. The van der Waals surface area contributed by atoms with E-state index in [2.05, 4.69) is 63.2 Å². The molecule has 148 valence electrons. The fraction of sp³-hybridized carbons (Fsp3) is 0.500. The highest BCUT2D eigenvalue weighted by atomic mass is 16.1. The summed E-state index contributed by atoms with van der Waals surface area (Å²) in [4.78, 5) is 26.6. The van der Waals surface area contributed by atoms with Gasteiger partial charge in [-0.3, -0.25) is 4.79 Å². The average Bonchev–Trinajstić information content (AvgIpc) is 2.73. The van der Waals surface area contributed by atoms with Crippen LogP contribution >= 0.6 is 0 Å². The number of nitrogens with one attached hydrogen (secondary N) is 1. The number of rotatable bonds is 5. The molecule has 4 rings (SSSR count). The first-order valence-corrected chi connectivity index (χ1v) is 10.3. The molecule has 2 unspecified atom stereocenters. The predicted octanol–water partition coefficient (Wildman–Crippen LogP) is 2.51. The Labute approximate surface area is 167 Å². The van der Waals surface area contributed by atoms with Crippen LogP contribution in [0.2, 0.25) is 0 Å². The molecule has 1 amide bonds. The van der Waals surface area contributed by atoms with Gasteiger partial charge in [-0.15, -0.1) is 0 Å². The van der Waals surface area contributed by atoms with Crippen molar-refractivity contribution in [2.45, 2.75) is 32.7 Å². The maximum Gasteiger partial charge on any atom is 0.225 e. The van der Waals surface area contributed by atoms with Gasteiger partial charge in [-0.1, -0.05) is 32.0 Å². The van der Waals surface area contributed by atoms with E-state index in [1.54, 1.807) is 12.4 Å². The van der Waals surface area contributed by atoms with Crippen molar-refractivity contribution in [2.75, 3.05) is 36.0 Å². The van der Waals surface area contributed by atoms with Crippen LogP contribution in [0.4, 0.5) is 11.6 Å². The third-order valence-corrected chi connectivity index (χ3v) is 5.82. The molecule has 0 aliphatic carbocycles. The Balaban J connectivity index is 1.57. The van der Waals surface area contributed by atoms with Crippen molar-refractivity contribution in [3.63, 3.8) is 0 Å². The fourth-order valence-corrected chi connectivity index (χ4v) is 4.31. The molecule has 3 heterocycles. The zero-order chi connectivity index (χ0) is 19.5. The van der Waals surface area contributed by atoms with Gasteiger partial charge < -0.3 is 15.1 Å². The summed E-state index contributed by atoms with van der Waals surface area (Å²) in [5.74, 6) is 1.44. The van der Waals surface area contributed by atoms with Gasteiger partial charge in [0, 0.05) is 44.3 Å².